The zero-order valence-corrected chi connectivity index (χ0v) is 48.0. The van der Waals surface area contributed by atoms with Gasteiger partial charge in [0.25, 0.3) is 0 Å². The zero-order chi connectivity index (χ0) is 48.4. The summed E-state index contributed by atoms with van der Waals surface area (Å²) in [4.78, 5) is 12.1. The Kier molecular flexibility index (Phi) is 27.7. The standard InChI is InChI=1S/C42H91N5O16Si5/c1-48-64(49-2,38-8-13-43-18-28-55-29-19-43)60-66(52-5,40-10-15-45-22-32-57-33-23-45)62-68(54-7,42-12-17-47-26-36-59-37-27-47)63-67(53-6,41-11-16-46-24-34-58-35-25-46)61-65(50-3,51-4)39-9-14-44-20-30-56-31-21-44/h8-42H2,1-7H3. The number of rotatable bonds is 35. The highest BCUT2D eigenvalue weighted by molar-refractivity contribution is 6.85. The summed E-state index contributed by atoms with van der Waals surface area (Å²) in [6, 6.07) is 2.56. The maximum atomic E-state index is 7.67. The van der Waals surface area contributed by atoms with Gasteiger partial charge in [0.2, 0.25) is 0 Å². The predicted octanol–water partition coefficient (Wildman–Crippen LogP) is 1.88. The third-order valence-electron chi connectivity index (χ3n) is 13.7. The molecule has 5 aliphatic rings. The summed E-state index contributed by atoms with van der Waals surface area (Å²) in [6.07, 6.45) is 3.81. The second kappa shape index (κ2) is 31.9. The van der Waals surface area contributed by atoms with Gasteiger partial charge in [-0.05, 0) is 64.8 Å². The second-order valence-corrected chi connectivity index (χ2v) is 33.5. The minimum absolute atomic E-state index is 0.452. The van der Waals surface area contributed by atoms with E-state index in [2.05, 4.69) is 24.5 Å². The van der Waals surface area contributed by atoms with Crippen LogP contribution in [0.15, 0.2) is 0 Å². The van der Waals surface area contributed by atoms with Gasteiger partial charge in [0, 0.05) is 145 Å². The van der Waals surface area contributed by atoms with Crippen LogP contribution in [0.3, 0.4) is 0 Å². The molecular weight excluding hydrogens is 971 g/mol. The molecule has 0 bridgehead atoms. The molecule has 400 valence electrons. The molecule has 0 saturated carbocycles. The van der Waals surface area contributed by atoms with Gasteiger partial charge in [-0.3, -0.25) is 24.5 Å². The molecule has 0 amide bonds. The van der Waals surface area contributed by atoms with Crippen molar-refractivity contribution in [2.45, 2.75) is 62.3 Å². The quantitative estimate of drug-likeness (QED) is 0.0845. The Morgan fingerprint density at radius 2 is 0.426 bits per heavy atom. The van der Waals surface area contributed by atoms with Gasteiger partial charge >= 0.3 is 44.0 Å². The van der Waals surface area contributed by atoms with Gasteiger partial charge in [0.1, 0.15) is 0 Å². The summed E-state index contributed by atoms with van der Waals surface area (Å²) < 4.78 is 104. The lowest BCUT2D eigenvalue weighted by molar-refractivity contribution is 0.0331. The summed E-state index contributed by atoms with van der Waals surface area (Å²) in [5.41, 5.74) is 0. The molecule has 26 heteroatoms. The fraction of sp³-hybridized carbons (Fsp3) is 1.00. The Labute approximate surface area is 414 Å². The normalized spacial score (nSPS) is 23.3. The van der Waals surface area contributed by atoms with E-state index in [0.29, 0.717) is 69.9 Å². The first-order valence-corrected chi connectivity index (χ1v) is 35.0. The summed E-state index contributed by atoms with van der Waals surface area (Å²) in [6.45, 7) is 20.1. The van der Waals surface area contributed by atoms with Crippen LogP contribution in [0.5, 0.6) is 0 Å². The van der Waals surface area contributed by atoms with Gasteiger partial charge in [-0.2, -0.15) is 0 Å². The van der Waals surface area contributed by atoms with E-state index < -0.39 is 44.0 Å². The van der Waals surface area contributed by atoms with Crippen LogP contribution in [0.2, 0.25) is 30.2 Å². The smallest absolute Gasteiger partial charge is 0.379 e. The van der Waals surface area contributed by atoms with Crippen LogP contribution in [-0.4, -0.2) is 283 Å². The first-order chi connectivity index (χ1) is 33.1. The summed E-state index contributed by atoms with van der Waals surface area (Å²) in [7, 11) is -6.70. The Balaban J connectivity index is 1.50. The molecule has 2 atom stereocenters. The van der Waals surface area contributed by atoms with Gasteiger partial charge in [0.15, 0.2) is 0 Å². The lowest BCUT2D eigenvalue weighted by atomic mass is 10.3. The molecule has 5 fully saturated rings. The molecule has 0 spiro atoms. The van der Waals surface area contributed by atoms with E-state index in [1.165, 1.54) is 0 Å². The Morgan fingerprint density at radius 3 is 0.603 bits per heavy atom. The van der Waals surface area contributed by atoms with Crippen molar-refractivity contribution in [3.8, 4) is 0 Å². The van der Waals surface area contributed by atoms with Crippen molar-refractivity contribution in [3.63, 3.8) is 0 Å². The first kappa shape index (κ1) is 59.1. The van der Waals surface area contributed by atoms with Crippen molar-refractivity contribution in [3.05, 3.63) is 0 Å². The Morgan fingerprint density at radius 1 is 0.265 bits per heavy atom. The van der Waals surface area contributed by atoms with Crippen molar-refractivity contribution in [1.82, 2.24) is 24.5 Å². The maximum Gasteiger partial charge on any atom is 0.493 e. The fourth-order valence-electron chi connectivity index (χ4n) is 9.44. The maximum absolute atomic E-state index is 7.67. The van der Waals surface area contributed by atoms with E-state index in [9.17, 15) is 0 Å². The molecule has 68 heavy (non-hydrogen) atoms. The van der Waals surface area contributed by atoms with E-state index >= 15 is 0 Å². The largest absolute Gasteiger partial charge is 0.493 e. The molecule has 5 saturated heterocycles. The Hall–Kier alpha value is 0.244. The molecule has 0 aromatic heterocycles. The molecule has 2 unspecified atom stereocenters. The summed E-state index contributed by atoms with van der Waals surface area (Å²) in [5.74, 6) is 0. The molecule has 5 heterocycles. The van der Waals surface area contributed by atoms with E-state index in [4.69, 9.17) is 71.1 Å². The van der Waals surface area contributed by atoms with Crippen molar-refractivity contribution in [1.29, 1.82) is 0 Å². The highest BCUT2D eigenvalue weighted by atomic mass is 28.5. The van der Waals surface area contributed by atoms with Crippen LogP contribution in [0.4, 0.5) is 0 Å². The van der Waals surface area contributed by atoms with Crippen LogP contribution in [0.1, 0.15) is 32.1 Å². The molecule has 0 N–H and O–H groups in total. The van der Waals surface area contributed by atoms with Crippen LogP contribution in [-0.2, 0) is 71.1 Å². The van der Waals surface area contributed by atoms with Crippen molar-refractivity contribution in [2.75, 3.05) is 214 Å². The average Bonchev–Trinajstić information content (AvgIpc) is 3.39. The minimum Gasteiger partial charge on any atom is -0.379 e. The van der Waals surface area contributed by atoms with E-state index in [1.54, 1.807) is 49.8 Å². The van der Waals surface area contributed by atoms with Crippen LogP contribution < -0.4 is 0 Å². The van der Waals surface area contributed by atoms with Crippen LogP contribution >= 0.6 is 0 Å². The third kappa shape index (κ3) is 19.5. The minimum atomic E-state index is -3.94. The van der Waals surface area contributed by atoms with E-state index in [1.807, 2.05) is 0 Å². The van der Waals surface area contributed by atoms with E-state index in [-0.39, 0.29) is 0 Å². The molecule has 5 aliphatic heterocycles. The van der Waals surface area contributed by atoms with Gasteiger partial charge in [0.05, 0.1) is 66.1 Å². The molecule has 5 rings (SSSR count). The number of morpholine rings is 5. The SMILES string of the molecule is CO[Si](CCCN1CCOCC1)(OC)O[Si](CCCN1CCOCC1)(OC)O[Si](CCCN1CCOCC1)(OC)O[Si](CCCN1CCOCC1)(OC)O[Si](CCCN1CCOCC1)(OC)OC. The number of ether oxygens (including phenoxy) is 5. The van der Waals surface area contributed by atoms with Gasteiger partial charge < -0.3 is 71.1 Å². The van der Waals surface area contributed by atoms with Gasteiger partial charge in [-0.15, -0.1) is 0 Å². The molecule has 21 nitrogen and oxygen atoms in total. The fourth-order valence-corrected chi connectivity index (χ4v) is 30.0. The first-order valence-electron chi connectivity index (χ1n) is 25.3. The number of hydrogen-bond acceptors (Lipinski definition) is 21. The highest BCUT2D eigenvalue weighted by Gasteiger charge is 2.63. The molecule has 0 radical (unpaired) electrons. The lowest BCUT2D eigenvalue weighted by Gasteiger charge is -2.45. The average molecular weight is 1060 g/mol. The van der Waals surface area contributed by atoms with Gasteiger partial charge in [-0.25, -0.2) is 0 Å². The molecule has 0 aromatic carbocycles. The molecular formula is C42H91N5O16Si5. The summed E-state index contributed by atoms with van der Waals surface area (Å²) in [5, 5.41) is 0. The topological polar surface area (TPSA) is 164 Å². The van der Waals surface area contributed by atoms with Crippen LogP contribution in [0, 0.1) is 0 Å². The third-order valence-corrected chi connectivity index (χ3v) is 32.9. The van der Waals surface area contributed by atoms with Crippen LogP contribution in [0.25, 0.3) is 0 Å². The van der Waals surface area contributed by atoms with Crippen molar-refractivity contribution < 1.29 is 71.1 Å². The highest BCUT2D eigenvalue weighted by Crippen LogP contribution is 2.37. The lowest BCUT2D eigenvalue weighted by Crippen LogP contribution is -2.68. The number of hydrogen-bond donors (Lipinski definition) is 0. The summed E-state index contributed by atoms with van der Waals surface area (Å²) >= 11 is 0. The zero-order valence-electron chi connectivity index (χ0n) is 43.0. The monoisotopic (exact) mass is 1060 g/mol. The molecule has 0 aliphatic carbocycles. The van der Waals surface area contributed by atoms with E-state index in [0.717, 1.165) is 157 Å². The predicted molar refractivity (Wildman–Crippen MR) is 266 cm³/mol. The molecule has 0 aromatic rings. The number of nitrogens with zero attached hydrogens (tertiary/aromatic N) is 5. The van der Waals surface area contributed by atoms with Crippen molar-refractivity contribution >= 4 is 44.0 Å². The second-order valence-electron chi connectivity index (χ2n) is 18.0. The van der Waals surface area contributed by atoms with Gasteiger partial charge in [-0.1, -0.05) is 0 Å². The van der Waals surface area contributed by atoms with Crippen molar-refractivity contribution in [2.24, 2.45) is 0 Å². The Bertz CT molecular complexity index is 1240.